The summed E-state index contributed by atoms with van der Waals surface area (Å²) in [6.07, 6.45) is 4.12. The molecule has 0 atom stereocenters. The number of nitrogens with zero attached hydrogens (tertiary/aromatic N) is 12. The molecule has 0 fully saturated rings. The number of para-hydroxylation sites is 4. The first-order chi connectivity index (χ1) is 38.9. The molecule has 0 saturated heterocycles. The number of rotatable bonds is 10. The molecule has 0 saturated carbocycles. The summed E-state index contributed by atoms with van der Waals surface area (Å²) in [5.74, 6) is 5.65. The van der Waals surface area contributed by atoms with Gasteiger partial charge in [0, 0.05) is 115 Å². The summed E-state index contributed by atoms with van der Waals surface area (Å²) < 4.78 is 34.1. The number of aromatic nitrogens is 12. The van der Waals surface area contributed by atoms with Gasteiger partial charge in [-0.3, -0.25) is 8.78 Å². The number of aryl methyl sites for hydroxylation is 6. The molecule has 0 aliphatic carbocycles. The first-order valence-electron chi connectivity index (χ1n) is 25.3. The van der Waals surface area contributed by atoms with E-state index in [1.165, 1.54) is 34.1 Å². The fraction of sp³-hybridized carbons (Fsp3) is 0.125. The Morgan fingerprint density at radius 1 is 0.345 bits per heavy atom. The van der Waals surface area contributed by atoms with E-state index in [2.05, 4.69) is 145 Å². The fourth-order valence-corrected chi connectivity index (χ4v) is 9.52. The Bertz CT molecular complexity index is 3940. The molecule has 4 heterocycles. The topological polar surface area (TPSA) is 123 Å². The maximum absolute atomic E-state index is 13.1. The summed E-state index contributed by atoms with van der Waals surface area (Å²) in [5.41, 5.74) is 9.78. The van der Waals surface area contributed by atoms with E-state index in [4.69, 9.17) is 0 Å². The van der Waals surface area contributed by atoms with Crippen molar-refractivity contribution >= 4 is 23.5 Å². The largest absolute Gasteiger partial charge is 0.320 e. The zero-order valence-corrected chi connectivity index (χ0v) is 57.8. The van der Waals surface area contributed by atoms with Crippen LogP contribution in [0.2, 0.25) is 0 Å². The SMILES string of the molecule is CSc1c[c-]c(-c2nnc(C)n2-c2ccccc2)cc1.CSc1cc[c-]c(-c2nnc(C)n2-c2ccccc2)c1.Cc1cccc(C)c1-n1c(C)nnc1-c1[c-]cc(F)cc1.Cc1nnc(-c2[c-]cc(F)cc2)n1-c1ccccc1.[Ir].[Ir].[Ir].[Ir]. The molecule has 12 aromatic rings. The minimum Gasteiger partial charge on any atom is -0.320 e. The maximum Gasteiger partial charge on any atom is 0.125 e. The third-order valence-electron chi connectivity index (χ3n) is 12.5. The van der Waals surface area contributed by atoms with E-state index in [-0.39, 0.29) is 92.1 Å². The van der Waals surface area contributed by atoms with Crippen molar-refractivity contribution in [2.45, 2.75) is 51.3 Å². The molecule has 12 nitrogen and oxygen atoms in total. The van der Waals surface area contributed by atoms with E-state index in [0.717, 1.165) is 85.5 Å². The van der Waals surface area contributed by atoms with Crippen LogP contribution in [0.25, 0.3) is 68.3 Å². The van der Waals surface area contributed by atoms with Crippen LogP contribution in [0.1, 0.15) is 34.4 Å². The van der Waals surface area contributed by atoms with Crippen LogP contribution in [0.15, 0.2) is 192 Å². The standard InChI is InChI=1S/C17H15FN3.2C16H14N3S.C15H11FN3.4Ir/c1-11-5-4-6-12(2)16(11)21-13(3)19-20-17(21)14-7-9-15(18)10-8-14;1-12-17-18-16(13-7-6-10-15(11-13)20-2)19(12)14-8-4-3-5-9-14;1-12-17-18-16(13-8-10-15(20-2)11-9-13)19(12)14-6-4-3-5-7-14;1-11-17-18-15(12-7-9-13(16)10-8-12)19(11)14-5-3-2-4-6-14;;;;/h4-7,9-10H,1-3H3;3-6,8-11H,1-2H3;3-8,10-11H,1-2H3;2-7,9-10H,1H3;;;;/q4*-1;;;;. The van der Waals surface area contributed by atoms with Crippen LogP contribution in [0.4, 0.5) is 8.78 Å². The number of thioether (sulfide) groups is 2. The van der Waals surface area contributed by atoms with Gasteiger partial charge in [-0.1, -0.05) is 82.6 Å². The second-order valence-corrected chi connectivity index (χ2v) is 19.8. The van der Waals surface area contributed by atoms with Gasteiger partial charge in [0.1, 0.15) is 23.3 Å². The van der Waals surface area contributed by atoms with Crippen molar-refractivity contribution in [3.8, 4) is 68.3 Å². The van der Waals surface area contributed by atoms with Gasteiger partial charge in [-0.2, -0.15) is 32.2 Å². The van der Waals surface area contributed by atoms with E-state index >= 15 is 0 Å². The summed E-state index contributed by atoms with van der Waals surface area (Å²) in [6, 6.07) is 69.4. The van der Waals surface area contributed by atoms with Gasteiger partial charge < -0.3 is 18.3 Å². The molecule has 4 radical (unpaired) electrons. The first kappa shape index (κ1) is 68.3. The van der Waals surface area contributed by atoms with Crippen molar-refractivity contribution in [2.24, 2.45) is 0 Å². The number of hydrogen-bond acceptors (Lipinski definition) is 10. The Morgan fingerprint density at radius 2 is 0.702 bits per heavy atom. The molecule has 0 bridgehead atoms. The van der Waals surface area contributed by atoms with Crippen molar-refractivity contribution in [1.82, 2.24) is 59.1 Å². The molecule has 0 N–H and O–H groups in total. The van der Waals surface area contributed by atoms with Gasteiger partial charge in [-0.25, -0.2) is 0 Å². The number of halogens is 2. The Kier molecular flexibility index (Phi) is 26.5. The minimum atomic E-state index is -0.314. The molecule has 0 aliphatic rings. The normalized spacial score (nSPS) is 10.2. The molecule has 4 aromatic heterocycles. The first-order valence-corrected chi connectivity index (χ1v) is 27.8. The smallest absolute Gasteiger partial charge is 0.125 e. The van der Waals surface area contributed by atoms with Crippen LogP contribution < -0.4 is 0 Å². The van der Waals surface area contributed by atoms with E-state index in [0.29, 0.717) is 17.2 Å². The van der Waals surface area contributed by atoms with Crippen molar-refractivity contribution in [2.75, 3.05) is 12.5 Å². The molecule has 12 rings (SSSR count). The monoisotopic (exact) mass is 1860 g/mol. The molecule has 8 aromatic carbocycles. The Labute approximate surface area is 551 Å². The zero-order chi connectivity index (χ0) is 56.1. The van der Waals surface area contributed by atoms with Crippen LogP contribution in [0.5, 0.6) is 0 Å². The molecule has 84 heavy (non-hydrogen) atoms. The van der Waals surface area contributed by atoms with Crippen LogP contribution in [-0.2, 0) is 80.4 Å². The van der Waals surface area contributed by atoms with Gasteiger partial charge in [0.25, 0.3) is 0 Å². The van der Waals surface area contributed by atoms with Crippen molar-refractivity contribution in [3.63, 3.8) is 0 Å². The molecule has 0 unspecified atom stereocenters. The second kappa shape index (κ2) is 32.7. The van der Waals surface area contributed by atoms with E-state index < -0.39 is 0 Å². The molecule has 436 valence electrons. The van der Waals surface area contributed by atoms with Crippen LogP contribution in [-0.4, -0.2) is 71.6 Å². The minimum absolute atomic E-state index is 0. The van der Waals surface area contributed by atoms with Gasteiger partial charge in [-0.15, -0.1) is 151 Å². The van der Waals surface area contributed by atoms with Crippen molar-refractivity contribution in [1.29, 1.82) is 0 Å². The summed E-state index contributed by atoms with van der Waals surface area (Å²) >= 11 is 3.41. The van der Waals surface area contributed by atoms with Gasteiger partial charge >= 0.3 is 0 Å². The maximum atomic E-state index is 13.1. The fourth-order valence-electron chi connectivity index (χ4n) is 8.70. The van der Waals surface area contributed by atoms with E-state index in [1.807, 2.05) is 138 Å². The Hall–Kier alpha value is -6.52. The number of hydrogen-bond donors (Lipinski definition) is 0. The molecule has 0 aliphatic heterocycles. The summed E-state index contributed by atoms with van der Waals surface area (Å²) in [4.78, 5) is 2.38. The van der Waals surface area contributed by atoms with Crippen LogP contribution >= 0.6 is 23.5 Å². The zero-order valence-electron chi connectivity index (χ0n) is 46.6. The van der Waals surface area contributed by atoms with Gasteiger partial charge in [0.15, 0.2) is 0 Å². The third-order valence-corrected chi connectivity index (χ3v) is 14.0. The van der Waals surface area contributed by atoms with Gasteiger partial charge in [-0.05, 0) is 102 Å². The van der Waals surface area contributed by atoms with Gasteiger partial charge in [0.2, 0.25) is 0 Å². The quantitative estimate of drug-likeness (QED) is 0.0966. The van der Waals surface area contributed by atoms with E-state index in [1.54, 1.807) is 35.7 Å². The predicted molar refractivity (Wildman–Crippen MR) is 314 cm³/mol. The Morgan fingerprint density at radius 3 is 1.06 bits per heavy atom. The van der Waals surface area contributed by atoms with Crippen LogP contribution in [0, 0.1) is 77.4 Å². The summed E-state index contributed by atoms with van der Waals surface area (Å²) in [7, 11) is 0. The molecule has 20 heteroatoms. The van der Waals surface area contributed by atoms with Gasteiger partial charge in [0.05, 0.1) is 23.3 Å². The second-order valence-electron chi connectivity index (χ2n) is 18.0. The average Bonchev–Trinajstić information content (AvgIpc) is 3.23. The van der Waals surface area contributed by atoms with Crippen molar-refractivity contribution in [3.05, 3.63) is 252 Å². The number of benzene rings is 8. The van der Waals surface area contributed by atoms with Crippen molar-refractivity contribution < 1.29 is 89.2 Å². The molecule has 0 spiro atoms. The summed E-state index contributed by atoms with van der Waals surface area (Å²) in [5, 5.41) is 33.7. The Balaban J connectivity index is 0.000000202. The third kappa shape index (κ3) is 16.5. The summed E-state index contributed by atoms with van der Waals surface area (Å²) in [6.45, 7) is 11.8. The average molecular weight is 1860 g/mol. The van der Waals surface area contributed by atoms with Crippen LogP contribution in [0.3, 0.4) is 0 Å². The van der Waals surface area contributed by atoms with E-state index in [9.17, 15) is 8.78 Å². The molecular weight excluding hydrogens is 1810 g/mol. The molecule has 0 amide bonds. The predicted octanol–water partition coefficient (Wildman–Crippen LogP) is 14.5. The molecular formula is C64H54F2Ir4N12S2-4.